The zero-order chi connectivity index (χ0) is 12.3. The van der Waals surface area contributed by atoms with E-state index >= 15 is 0 Å². The van der Waals surface area contributed by atoms with E-state index in [-0.39, 0.29) is 0 Å². The summed E-state index contributed by atoms with van der Waals surface area (Å²) in [5.74, 6) is 0. The first kappa shape index (κ1) is 12.5. The van der Waals surface area contributed by atoms with Crippen molar-refractivity contribution in [3.05, 3.63) is 29.8 Å². The predicted octanol–water partition coefficient (Wildman–Crippen LogP) is 0.194. The molecule has 1 aromatic carbocycles. The summed E-state index contributed by atoms with van der Waals surface area (Å²) in [7, 11) is -3.08. The molecular formula is C12H18N2O2S. The van der Waals surface area contributed by atoms with Crippen molar-refractivity contribution in [2.24, 2.45) is 0 Å². The van der Waals surface area contributed by atoms with E-state index in [1.165, 1.54) is 11.8 Å². The van der Waals surface area contributed by atoms with Gasteiger partial charge in [-0.25, -0.2) is 8.42 Å². The van der Waals surface area contributed by atoms with Crippen molar-refractivity contribution >= 4 is 9.84 Å². The highest BCUT2D eigenvalue weighted by Gasteiger charge is 2.13. The maximum absolute atomic E-state index is 11.3. The van der Waals surface area contributed by atoms with Crippen molar-refractivity contribution in [3.63, 3.8) is 0 Å². The summed E-state index contributed by atoms with van der Waals surface area (Å²) in [6, 6.07) is 7.59. The summed E-state index contributed by atoms with van der Waals surface area (Å²) >= 11 is 0. The molecule has 0 saturated carbocycles. The van der Waals surface area contributed by atoms with E-state index in [1.54, 1.807) is 12.1 Å². The van der Waals surface area contributed by atoms with Crippen LogP contribution < -0.4 is 10.6 Å². The molecule has 2 N–H and O–H groups in total. The fourth-order valence-corrected chi connectivity index (χ4v) is 2.65. The average Bonchev–Trinajstić information content (AvgIpc) is 2.30. The van der Waals surface area contributed by atoms with Crippen LogP contribution in [-0.4, -0.2) is 40.3 Å². The van der Waals surface area contributed by atoms with E-state index in [1.807, 2.05) is 12.1 Å². The quantitative estimate of drug-likeness (QED) is 0.809. The molecule has 4 nitrogen and oxygen atoms in total. The van der Waals surface area contributed by atoms with Crippen LogP contribution in [0.25, 0.3) is 0 Å². The summed E-state index contributed by atoms with van der Waals surface area (Å²) in [6.45, 7) is 2.98. The van der Waals surface area contributed by atoms with Gasteiger partial charge < -0.3 is 10.6 Å². The molecule has 1 saturated heterocycles. The summed E-state index contributed by atoms with van der Waals surface area (Å²) in [5.41, 5.74) is 1.17. The Kier molecular flexibility index (Phi) is 3.81. The van der Waals surface area contributed by atoms with Gasteiger partial charge in [-0.05, 0) is 24.1 Å². The molecule has 0 radical (unpaired) electrons. The van der Waals surface area contributed by atoms with E-state index in [0.717, 1.165) is 26.1 Å². The third-order valence-corrected chi connectivity index (χ3v) is 4.09. The molecule has 1 atom stereocenters. The molecule has 5 heteroatoms. The van der Waals surface area contributed by atoms with Gasteiger partial charge in [0.1, 0.15) is 0 Å². The highest BCUT2D eigenvalue weighted by Crippen LogP contribution is 2.11. The molecule has 1 aliphatic rings. The van der Waals surface area contributed by atoms with Gasteiger partial charge in [0.15, 0.2) is 9.84 Å². The van der Waals surface area contributed by atoms with Crippen LogP contribution in [0.1, 0.15) is 5.56 Å². The van der Waals surface area contributed by atoms with Crippen molar-refractivity contribution in [2.45, 2.75) is 17.4 Å². The lowest BCUT2D eigenvalue weighted by Gasteiger charge is -2.24. The number of piperazine rings is 1. The average molecular weight is 254 g/mol. The van der Waals surface area contributed by atoms with Gasteiger partial charge in [-0.3, -0.25) is 0 Å². The Hall–Kier alpha value is -0.910. The van der Waals surface area contributed by atoms with E-state index in [0.29, 0.717) is 10.9 Å². The van der Waals surface area contributed by atoms with Gasteiger partial charge in [-0.2, -0.15) is 0 Å². The standard InChI is InChI=1S/C12H18N2O2S/c1-17(15,16)12-4-2-10(3-5-12)8-11-9-13-6-7-14-11/h2-5,11,13-14H,6-9H2,1H3. The van der Waals surface area contributed by atoms with Gasteiger partial charge in [-0.15, -0.1) is 0 Å². The van der Waals surface area contributed by atoms with Gasteiger partial charge in [0.05, 0.1) is 4.90 Å². The number of sulfone groups is 1. The summed E-state index contributed by atoms with van der Waals surface area (Å²) in [4.78, 5) is 0.385. The zero-order valence-corrected chi connectivity index (χ0v) is 10.8. The van der Waals surface area contributed by atoms with Crippen LogP contribution in [0, 0.1) is 0 Å². The SMILES string of the molecule is CS(=O)(=O)c1ccc(CC2CNCCN2)cc1. The summed E-state index contributed by atoms with van der Waals surface area (Å²) in [6.07, 6.45) is 2.16. The minimum atomic E-state index is -3.08. The lowest BCUT2D eigenvalue weighted by atomic mass is 10.1. The molecule has 2 rings (SSSR count). The number of hydrogen-bond donors (Lipinski definition) is 2. The van der Waals surface area contributed by atoms with E-state index in [9.17, 15) is 8.42 Å². The van der Waals surface area contributed by atoms with E-state index in [2.05, 4.69) is 10.6 Å². The summed E-state index contributed by atoms with van der Waals surface area (Å²) < 4.78 is 22.6. The van der Waals surface area contributed by atoms with E-state index < -0.39 is 9.84 Å². The third-order valence-electron chi connectivity index (χ3n) is 2.96. The first-order valence-corrected chi connectivity index (χ1v) is 7.68. The lowest BCUT2D eigenvalue weighted by Crippen LogP contribution is -2.49. The molecule has 0 bridgehead atoms. The maximum Gasteiger partial charge on any atom is 0.175 e. The van der Waals surface area contributed by atoms with Crippen LogP contribution in [0.4, 0.5) is 0 Å². The van der Waals surface area contributed by atoms with Crippen molar-refractivity contribution in [2.75, 3.05) is 25.9 Å². The Bertz CT molecular complexity index is 462. The highest BCUT2D eigenvalue weighted by atomic mass is 32.2. The molecular weight excluding hydrogens is 236 g/mol. The molecule has 1 aliphatic heterocycles. The highest BCUT2D eigenvalue weighted by molar-refractivity contribution is 7.90. The van der Waals surface area contributed by atoms with Gasteiger partial charge >= 0.3 is 0 Å². The van der Waals surface area contributed by atoms with Gasteiger partial charge in [0.25, 0.3) is 0 Å². The van der Waals surface area contributed by atoms with Crippen LogP contribution in [0.3, 0.4) is 0 Å². The molecule has 0 aromatic heterocycles. The molecule has 1 aromatic rings. The second kappa shape index (κ2) is 5.16. The fraction of sp³-hybridized carbons (Fsp3) is 0.500. The molecule has 0 amide bonds. The lowest BCUT2D eigenvalue weighted by molar-refractivity contribution is 0.416. The molecule has 1 fully saturated rings. The number of nitrogens with one attached hydrogen (secondary N) is 2. The Balaban J connectivity index is 2.03. The van der Waals surface area contributed by atoms with Crippen LogP contribution in [0.5, 0.6) is 0 Å². The van der Waals surface area contributed by atoms with E-state index in [4.69, 9.17) is 0 Å². The molecule has 1 heterocycles. The van der Waals surface area contributed by atoms with Gasteiger partial charge in [-0.1, -0.05) is 12.1 Å². The number of hydrogen-bond acceptors (Lipinski definition) is 4. The first-order valence-electron chi connectivity index (χ1n) is 5.79. The number of benzene rings is 1. The molecule has 94 valence electrons. The minimum Gasteiger partial charge on any atom is -0.314 e. The Morgan fingerprint density at radius 1 is 1.24 bits per heavy atom. The Morgan fingerprint density at radius 2 is 1.94 bits per heavy atom. The van der Waals surface area contributed by atoms with Crippen LogP contribution in [0.2, 0.25) is 0 Å². The third kappa shape index (κ3) is 3.52. The van der Waals surface area contributed by atoms with Crippen molar-refractivity contribution in [1.82, 2.24) is 10.6 Å². The smallest absolute Gasteiger partial charge is 0.175 e. The maximum atomic E-state index is 11.3. The van der Waals surface area contributed by atoms with Crippen LogP contribution in [0.15, 0.2) is 29.2 Å². The van der Waals surface area contributed by atoms with Crippen molar-refractivity contribution < 1.29 is 8.42 Å². The second-order valence-electron chi connectivity index (χ2n) is 4.48. The molecule has 0 aliphatic carbocycles. The normalized spacial score (nSPS) is 21.4. The fourth-order valence-electron chi connectivity index (χ4n) is 2.01. The van der Waals surface area contributed by atoms with Gasteiger partial charge in [0.2, 0.25) is 0 Å². The second-order valence-corrected chi connectivity index (χ2v) is 6.49. The first-order chi connectivity index (χ1) is 8.05. The molecule has 0 spiro atoms. The van der Waals surface area contributed by atoms with Crippen molar-refractivity contribution in [3.8, 4) is 0 Å². The summed E-state index contributed by atoms with van der Waals surface area (Å²) in [5, 5.41) is 6.76. The van der Waals surface area contributed by atoms with Crippen molar-refractivity contribution in [1.29, 1.82) is 0 Å². The molecule has 17 heavy (non-hydrogen) atoms. The largest absolute Gasteiger partial charge is 0.314 e. The minimum absolute atomic E-state index is 0.385. The van der Waals surface area contributed by atoms with Crippen LogP contribution in [-0.2, 0) is 16.3 Å². The Labute approximate surface area is 102 Å². The Morgan fingerprint density at radius 3 is 2.47 bits per heavy atom. The number of rotatable bonds is 3. The predicted molar refractivity (Wildman–Crippen MR) is 67.9 cm³/mol. The zero-order valence-electron chi connectivity index (χ0n) is 9.94. The van der Waals surface area contributed by atoms with Crippen LogP contribution >= 0.6 is 0 Å². The topological polar surface area (TPSA) is 58.2 Å². The molecule has 1 unspecified atom stereocenters. The van der Waals surface area contributed by atoms with Gasteiger partial charge in [0, 0.05) is 31.9 Å². The monoisotopic (exact) mass is 254 g/mol.